The molecule has 0 fully saturated rings. The number of para-hydroxylation sites is 1. The number of nitrogens with one attached hydrogen (secondary N) is 1. The van der Waals surface area contributed by atoms with Crippen molar-refractivity contribution in [3.63, 3.8) is 0 Å². The summed E-state index contributed by atoms with van der Waals surface area (Å²) >= 11 is 1.59. The molecular weight excluding hydrogens is 196 g/mol. The number of H-pyrrole nitrogens is 1. The van der Waals surface area contributed by atoms with Crippen molar-refractivity contribution in [2.24, 2.45) is 0 Å². The molecule has 1 heterocycles. The number of aromatic amines is 1. The Morgan fingerprint density at radius 2 is 2.21 bits per heavy atom. The van der Waals surface area contributed by atoms with E-state index in [1.807, 2.05) is 31.2 Å². The van der Waals surface area contributed by atoms with E-state index in [4.69, 9.17) is 0 Å². The molecule has 3 nitrogen and oxygen atoms in total. The molecule has 0 spiro atoms. The van der Waals surface area contributed by atoms with Gasteiger partial charge in [-0.15, -0.1) is 11.8 Å². The van der Waals surface area contributed by atoms with Crippen LogP contribution in [0.5, 0.6) is 0 Å². The van der Waals surface area contributed by atoms with Crippen LogP contribution < -0.4 is 5.69 Å². The number of aromatic nitrogens is 2. The first-order valence-corrected chi connectivity index (χ1v) is 5.41. The van der Waals surface area contributed by atoms with Gasteiger partial charge in [-0.25, -0.2) is 4.79 Å². The van der Waals surface area contributed by atoms with Crippen molar-refractivity contribution in [2.75, 3.05) is 5.75 Å². The average Bonchev–Trinajstić information content (AvgIpc) is 2.18. The second kappa shape index (κ2) is 3.84. The SMILES string of the molecule is CCSc1nc(=O)[nH]c2ccccc12. The lowest BCUT2D eigenvalue weighted by atomic mass is 10.2. The molecule has 0 aliphatic rings. The van der Waals surface area contributed by atoms with Gasteiger partial charge in [-0.05, 0) is 11.8 Å². The first-order chi connectivity index (χ1) is 6.81. The molecule has 1 aromatic heterocycles. The molecule has 0 aliphatic carbocycles. The number of hydrogen-bond acceptors (Lipinski definition) is 3. The van der Waals surface area contributed by atoms with Crippen molar-refractivity contribution >= 4 is 22.7 Å². The van der Waals surface area contributed by atoms with Gasteiger partial charge in [-0.1, -0.05) is 25.1 Å². The van der Waals surface area contributed by atoms with Gasteiger partial charge in [0.2, 0.25) is 0 Å². The van der Waals surface area contributed by atoms with E-state index in [-0.39, 0.29) is 5.69 Å². The lowest BCUT2D eigenvalue weighted by Gasteiger charge is -2.01. The summed E-state index contributed by atoms with van der Waals surface area (Å²) < 4.78 is 0. The van der Waals surface area contributed by atoms with Crippen LogP contribution in [0.15, 0.2) is 34.1 Å². The van der Waals surface area contributed by atoms with E-state index in [0.29, 0.717) is 0 Å². The maximum atomic E-state index is 11.2. The fraction of sp³-hybridized carbons (Fsp3) is 0.200. The van der Waals surface area contributed by atoms with Gasteiger partial charge in [0.1, 0.15) is 5.03 Å². The first-order valence-electron chi connectivity index (χ1n) is 4.43. The summed E-state index contributed by atoms with van der Waals surface area (Å²) in [6.45, 7) is 2.04. The summed E-state index contributed by atoms with van der Waals surface area (Å²) in [5.74, 6) is 0.917. The maximum Gasteiger partial charge on any atom is 0.346 e. The van der Waals surface area contributed by atoms with Gasteiger partial charge in [-0.3, -0.25) is 0 Å². The molecule has 0 bridgehead atoms. The van der Waals surface area contributed by atoms with E-state index in [0.717, 1.165) is 21.7 Å². The lowest BCUT2D eigenvalue weighted by Crippen LogP contribution is -2.10. The highest BCUT2D eigenvalue weighted by atomic mass is 32.2. The minimum absolute atomic E-state index is 0.278. The third-order valence-corrected chi connectivity index (χ3v) is 2.76. The molecule has 0 saturated heterocycles. The van der Waals surface area contributed by atoms with Crippen LogP contribution in [0.1, 0.15) is 6.92 Å². The van der Waals surface area contributed by atoms with Crippen molar-refractivity contribution in [1.29, 1.82) is 0 Å². The van der Waals surface area contributed by atoms with E-state index in [2.05, 4.69) is 9.97 Å². The number of thioether (sulfide) groups is 1. The van der Waals surface area contributed by atoms with E-state index in [1.54, 1.807) is 11.8 Å². The minimum Gasteiger partial charge on any atom is -0.305 e. The molecule has 14 heavy (non-hydrogen) atoms. The first kappa shape index (κ1) is 9.27. The van der Waals surface area contributed by atoms with Crippen LogP contribution in [0.4, 0.5) is 0 Å². The van der Waals surface area contributed by atoms with Gasteiger partial charge >= 0.3 is 5.69 Å². The quantitative estimate of drug-likeness (QED) is 0.604. The van der Waals surface area contributed by atoms with Gasteiger partial charge in [-0.2, -0.15) is 4.98 Å². The number of benzene rings is 1. The molecule has 0 amide bonds. The van der Waals surface area contributed by atoms with Gasteiger partial charge in [0.05, 0.1) is 5.52 Å². The summed E-state index contributed by atoms with van der Waals surface area (Å²) in [6.07, 6.45) is 0. The maximum absolute atomic E-state index is 11.2. The van der Waals surface area contributed by atoms with E-state index in [9.17, 15) is 4.79 Å². The minimum atomic E-state index is -0.278. The lowest BCUT2D eigenvalue weighted by molar-refractivity contribution is 1.03. The van der Waals surface area contributed by atoms with Crippen LogP contribution in [-0.2, 0) is 0 Å². The normalized spacial score (nSPS) is 10.6. The molecule has 4 heteroatoms. The van der Waals surface area contributed by atoms with Crippen LogP contribution in [0.25, 0.3) is 10.9 Å². The molecule has 0 atom stereocenters. The highest BCUT2D eigenvalue weighted by Gasteiger charge is 2.03. The topological polar surface area (TPSA) is 45.8 Å². The number of hydrogen-bond donors (Lipinski definition) is 1. The standard InChI is InChI=1S/C10H10N2OS/c1-2-14-9-7-5-3-4-6-8(7)11-10(13)12-9/h3-6H,2H2,1H3,(H,11,12,13). The molecule has 0 unspecified atom stereocenters. The van der Waals surface area contributed by atoms with E-state index >= 15 is 0 Å². The van der Waals surface area contributed by atoms with Gasteiger partial charge < -0.3 is 4.98 Å². The van der Waals surface area contributed by atoms with Crippen molar-refractivity contribution in [3.05, 3.63) is 34.7 Å². The fourth-order valence-corrected chi connectivity index (χ4v) is 2.08. The highest BCUT2D eigenvalue weighted by Crippen LogP contribution is 2.22. The zero-order valence-electron chi connectivity index (χ0n) is 7.78. The van der Waals surface area contributed by atoms with Crippen LogP contribution in [0.3, 0.4) is 0 Å². The Morgan fingerprint density at radius 1 is 1.43 bits per heavy atom. The molecule has 1 aromatic carbocycles. The van der Waals surface area contributed by atoms with Crippen LogP contribution >= 0.6 is 11.8 Å². The molecule has 72 valence electrons. The Balaban J connectivity index is 2.73. The molecule has 2 aromatic rings. The molecule has 0 aliphatic heterocycles. The monoisotopic (exact) mass is 206 g/mol. The molecule has 2 rings (SSSR count). The predicted octanol–water partition coefficient (Wildman–Crippen LogP) is 2.04. The fourth-order valence-electron chi connectivity index (χ4n) is 1.32. The van der Waals surface area contributed by atoms with Gasteiger partial charge in [0, 0.05) is 5.39 Å². The second-order valence-corrected chi connectivity index (χ2v) is 4.08. The Kier molecular flexibility index (Phi) is 2.54. The Hall–Kier alpha value is -1.29. The summed E-state index contributed by atoms with van der Waals surface area (Å²) in [6, 6.07) is 7.70. The third kappa shape index (κ3) is 1.65. The third-order valence-electron chi connectivity index (χ3n) is 1.88. The number of fused-ring (bicyclic) bond motifs is 1. The van der Waals surface area contributed by atoms with Gasteiger partial charge in [0.15, 0.2) is 0 Å². The molecule has 1 N–H and O–H groups in total. The summed E-state index contributed by atoms with van der Waals surface area (Å²) in [7, 11) is 0. The molecule has 0 radical (unpaired) electrons. The summed E-state index contributed by atoms with van der Waals surface area (Å²) in [5, 5.41) is 1.82. The summed E-state index contributed by atoms with van der Waals surface area (Å²) in [4.78, 5) is 17.9. The Labute approximate surface area is 85.6 Å². The van der Waals surface area contributed by atoms with E-state index in [1.165, 1.54) is 0 Å². The van der Waals surface area contributed by atoms with Crippen LogP contribution in [-0.4, -0.2) is 15.7 Å². The summed E-state index contributed by atoms with van der Waals surface area (Å²) in [5.41, 5.74) is 0.572. The van der Waals surface area contributed by atoms with Crippen molar-refractivity contribution < 1.29 is 0 Å². The van der Waals surface area contributed by atoms with Crippen molar-refractivity contribution in [2.45, 2.75) is 11.9 Å². The van der Waals surface area contributed by atoms with Gasteiger partial charge in [0.25, 0.3) is 0 Å². The van der Waals surface area contributed by atoms with Crippen LogP contribution in [0.2, 0.25) is 0 Å². The highest BCUT2D eigenvalue weighted by molar-refractivity contribution is 7.99. The Bertz CT molecular complexity index is 507. The zero-order valence-corrected chi connectivity index (χ0v) is 8.60. The largest absolute Gasteiger partial charge is 0.346 e. The van der Waals surface area contributed by atoms with Crippen molar-refractivity contribution in [3.8, 4) is 0 Å². The molecule has 0 saturated carbocycles. The number of nitrogens with zero attached hydrogens (tertiary/aromatic N) is 1. The smallest absolute Gasteiger partial charge is 0.305 e. The number of rotatable bonds is 2. The predicted molar refractivity (Wildman–Crippen MR) is 58.8 cm³/mol. The second-order valence-electron chi connectivity index (χ2n) is 2.83. The van der Waals surface area contributed by atoms with Crippen molar-refractivity contribution in [1.82, 2.24) is 9.97 Å². The van der Waals surface area contributed by atoms with Crippen LogP contribution in [0, 0.1) is 0 Å². The average molecular weight is 206 g/mol. The van der Waals surface area contributed by atoms with E-state index < -0.39 is 0 Å². The Morgan fingerprint density at radius 3 is 3.00 bits per heavy atom. The zero-order chi connectivity index (χ0) is 9.97. The molecular formula is C10H10N2OS.